The number of fused-ring (bicyclic) bond motifs is 1. The molecule has 0 amide bonds. The van der Waals surface area contributed by atoms with E-state index < -0.39 is 4.92 Å². The van der Waals surface area contributed by atoms with E-state index in [1.807, 2.05) is 31.3 Å². The van der Waals surface area contributed by atoms with Gasteiger partial charge in [0.05, 0.1) is 11.1 Å². The molecule has 6 heteroatoms. The largest absolute Gasteiger partial charge is 0.383 e. The van der Waals surface area contributed by atoms with Crippen molar-refractivity contribution in [2.75, 3.05) is 14.1 Å². The van der Waals surface area contributed by atoms with Gasteiger partial charge < -0.3 is 4.90 Å². The molecule has 1 heterocycles. The van der Waals surface area contributed by atoms with Crippen LogP contribution in [0.15, 0.2) is 24.5 Å². The lowest BCUT2D eigenvalue weighted by molar-refractivity contribution is -0.383. The van der Waals surface area contributed by atoms with Crippen molar-refractivity contribution in [2.24, 2.45) is 0 Å². The summed E-state index contributed by atoms with van der Waals surface area (Å²) >= 11 is 0. The Hall–Kier alpha value is -2.37. The third-order valence-electron chi connectivity index (χ3n) is 2.38. The molecular weight excluding hydrogens is 220 g/mol. The van der Waals surface area contributed by atoms with Crippen LogP contribution in [0.25, 0.3) is 17.0 Å². The number of benzene rings is 1. The number of nitrogens with one attached hydrogen (secondary N) is 1. The minimum absolute atomic E-state index is 0.0412. The van der Waals surface area contributed by atoms with Gasteiger partial charge in [-0.25, -0.2) is 0 Å². The van der Waals surface area contributed by atoms with E-state index in [2.05, 4.69) is 10.2 Å². The molecular formula is C11H12N4O2. The van der Waals surface area contributed by atoms with E-state index in [4.69, 9.17) is 0 Å². The van der Waals surface area contributed by atoms with Crippen LogP contribution < -0.4 is 0 Å². The van der Waals surface area contributed by atoms with Gasteiger partial charge in [0, 0.05) is 25.5 Å². The summed E-state index contributed by atoms with van der Waals surface area (Å²) in [5.41, 5.74) is 1.39. The lowest BCUT2D eigenvalue weighted by atomic mass is 10.1. The minimum Gasteiger partial charge on any atom is -0.383 e. The fourth-order valence-corrected chi connectivity index (χ4v) is 1.57. The summed E-state index contributed by atoms with van der Waals surface area (Å²) in [5.74, 6) is 0. The molecule has 1 aromatic heterocycles. The third kappa shape index (κ3) is 2.10. The number of aromatic amines is 1. The number of rotatable bonds is 3. The first-order chi connectivity index (χ1) is 8.09. The van der Waals surface area contributed by atoms with Crippen LogP contribution in [-0.2, 0) is 0 Å². The Morgan fingerprint density at radius 2 is 2.24 bits per heavy atom. The summed E-state index contributed by atoms with van der Waals surface area (Å²) in [7, 11) is 3.82. The van der Waals surface area contributed by atoms with Crippen molar-refractivity contribution in [1.29, 1.82) is 0 Å². The molecule has 0 fully saturated rings. The van der Waals surface area contributed by atoms with E-state index in [0.717, 1.165) is 10.9 Å². The summed E-state index contributed by atoms with van der Waals surface area (Å²) in [4.78, 5) is 12.3. The number of hydrogen-bond acceptors (Lipinski definition) is 4. The highest BCUT2D eigenvalue weighted by Gasteiger charge is 2.14. The van der Waals surface area contributed by atoms with Crippen LogP contribution in [-0.4, -0.2) is 34.1 Å². The highest BCUT2D eigenvalue weighted by Crippen LogP contribution is 2.26. The van der Waals surface area contributed by atoms with Gasteiger partial charge in [-0.3, -0.25) is 15.2 Å². The van der Waals surface area contributed by atoms with Crippen LogP contribution in [0.3, 0.4) is 0 Å². The fourth-order valence-electron chi connectivity index (χ4n) is 1.57. The quantitative estimate of drug-likeness (QED) is 0.648. The molecule has 0 unspecified atom stereocenters. The lowest BCUT2D eigenvalue weighted by Crippen LogP contribution is -1.99. The van der Waals surface area contributed by atoms with E-state index in [9.17, 15) is 10.1 Å². The van der Waals surface area contributed by atoms with Crippen molar-refractivity contribution in [3.63, 3.8) is 0 Å². The molecule has 1 aromatic carbocycles. The van der Waals surface area contributed by atoms with Crippen LogP contribution in [0.5, 0.6) is 0 Å². The SMILES string of the molecule is CN(C)C=Cc1ccc([N+](=O)[O-])c2[nH]ncc12. The number of nitro groups is 1. The van der Waals surface area contributed by atoms with Crippen molar-refractivity contribution >= 4 is 22.7 Å². The first-order valence-electron chi connectivity index (χ1n) is 5.04. The Morgan fingerprint density at radius 3 is 2.88 bits per heavy atom. The van der Waals surface area contributed by atoms with Crippen molar-refractivity contribution in [1.82, 2.24) is 15.1 Å². The van der Waals surface area contributed by atoms with Crippen molar-refractivity contribution in [2.45, 2.75) is 0 Å². The maximum atomic E-state index is 10.8. The Kier molecular flexibility index (Phi) is 2.78. The average molecular weight is 232 g/mol. The summed E-state index contributed by atoms with van der Waals surface area (Å²) < 4.78 is 0. The van der Waals surface area contributed by atoms with Gasteiger partial charge in [0.25, 0.3) is 5.69 Å². The van der Waals surface area contributed by atoms with E-state index in [1.54, 1.807) is 12.3 Å². The average Bonchev–Trinajstić information content (AvgIpc) is 2.73. The summed E-state index contributed by atoms with van der Waals surface area (Å²) in [5, 5.41) is 18.1. The second kappa shape index (κ2) is 4.25. The first-order valence-corrected chi connectivity index (χ1v) is 5.04. The summed E-state index contributed by atoms with van der Waals surface area (Å²) in [6, 6.07) is 3.20. The zero-order valence-corrected chi connectivity index (χ0v) is 9.54. The second-order valence-corrected chi connectivity index (χ2v) is 3.87. The number of H-pyrrole nitrogens is 1. The number of nitro benzene ring substituents is 1. The molecule has 17 heavy (non-hydrogen) atoms. The highest BCUT2D eigenvalue weighted by atomic mass is 16.6. The van der Waals surface area contributed by atoms with Gasteiger partial charge in [0.15, 0.2) is 0 Å². The Balaban J connectivity index is 2.57. The topological polar surface area (TPSA) is 75.1 Å². The third-order valence-corrected chi connectivity index (χ3v) is 2.38. The van der Waals surface area contributed by atoms with Gasteiger partial charge in [0.2, 0.25) is 0 Å². The minimum atomic E-state index is -0.417. The standard InChI is InChI=1S/C11H12N4O2/c1-14(2)6-5-8-3-4-10(15(16)17)11-9(8)7-12-13-11/h3-7H,1-2H3,(H,12,13). The molecule has 0 bridgehead atoms. The molecule has 1 N–H and O–H groups in total. The maximum Gasteiger partial charge on any atom is 0.294 e. The highest BCUT2D eigenvalue weighted by molar-refractivity contribution is 5.93. The fraction of sp³-hybridized carbons (Fsp3) is 0.182. The molecule has 0 saturated heterocycles. The number of hydrogen-bond donors (Lipinski definition) is 1. The molecule has 0 atom stereocenters. The smallest absolute Gasteiger partial charge is 0.294 e. The van der Waals surface area contributed by atoms with Crippen LogP contribution in [0.4, 0.5) is 5.69 Å². The molecule has 0 spiro atoms. The number of nitrogens with zero attached hydrogens (tertiary/aromatic N) is 3. The Labute approximate surface area is 97.7 Å². The molecule has 2 aromatic rings. The molecule has 0 aliphatic carbocycles. The van der Waals surface area contributed by atoms with Gasteiger partial charge in [-0.15, -0.1) is 0 Å². The number of aromatic nitrogens is 2. The van der Waals surface area contributed by atoms with Crippen molar-refractivity contribution in [3.05, 3.63) is 40.2 Å². The zero-order valence-electron chi connectivity index (χ0n) is 9.54. The van der Waals surface area contributed by atoms with Gasteiger partial charge in [-0.1, -0.05) is 0 Å². The predicted molar refractivity (Wildman–Crippen MR) is 65.5 cm³/mol. The second-order valence-electron chi connectivity index (χ2n) is 3.87. The maximum absolute atomic E-state index is 10.8. The Morgan fingerprint density at radius 1 is 1.47 bits per heavy atom. The summed E-state index contributed by atoms with van der Waals surface area (Å²) in [6.45, 7) is 0. The molecule has 88 valence electrons. The number of non-ortho nitro benzene ring substituents is 1. The van der Waals surface area contributed by atoms with Gasteiger partial charge in [-0.05, 0) is 23.9 Å². The zero-order chi connectivity index (χ0) is 12.4. The van der Waals surface area contributed by atoms with E-state index in [0.29, 0.717) is 5.52 Å². The first kappa shape index (κ1) is 11.1. The monoisotopic (exact) mass is 232 g/mol. The normalized spacial score (nSPS) is 11.2. The van der Waals surface area contributed by atoms with E-state index in [1.165, 1.54) is 6.07 Å². The van der Waals surface area contributed by atoms with Crippen LogP contribution >= 0.6 is 0 Å². The van der Waals surface area contributed by atoms with Crippen LogP contribution in [0.2, 0.25) is 0 Å². The van der Waals surface area contributed by atoms with E-state index in [-0.39, 0.29) is 5.69 Å². The van der Waals surface area contributed by atoms with Crippen molar-refractivity contribution in [3.8, 4) is 0 Å². The lowest BCUT2D eigenvalue weighted by Gasteiger charge is -2.03. The molecule has 6 nitrogen and oxygen atoms in total. The molecule has 0 aliphatic rings. The van der Waals surface area contributed by atoms with Gasteiger partial charge >= 0.3 is 0 Å². The molecule has 0 radical (unpaired) electrons. The molecule has 2 rings (SSSR count). The van der Waals surface area contributed by atoms with Gasteiger partial charge in [-0.2, -0.15) is 5.10 Å². The van der Waals surface area contributed by atoms with Crippen LogP contribution in [0.1, 0.15) is 5.56 Å². The Bertz CT molecular complexity index is 586. The van der Waals surface area contributed by atoms with Crippen molar-refractivity contribution < 1.29 is 4.92 Å². The van der Waals surface area contributed by atoms with Gasteiger partial charge in [0.1, 0.15) is 5.52 Å². The molecule has 0 saturated carbocycles. The van der Waals surface area contributed by atoms with Crippen LogP contribution in [0, 0.1) is 10.1 Å². The summed E-state index contributed by atoms with van der Waals surface area (Å²) in [6.07, 6.45) is 5.37. The predicted octanol–water partition coefficient (Wildman–Crippen LogP) is 2.00. The van der Waals surface area contributed by atoms with E-state index >= 15 is 0 Å². The molecule has 0 aliphatic heterocycles.